The molecule has 2 aliphatic rings. The zero-order valence-corrected chi connectivity index (χ0v) is 13.3. The van der Waals surface area contributed by atoms with Crippen molar-refractivity contribution in [1.29, 1.82) is 0 Å². The van der Waals surface area contributed by atoms with Gasteiger partial charge in [0.1, 0.15) is 24.9 Å². The maximum Gasteiger partial charge on any atom is 0.217 e. The summed E-state index contributed by atoms with van der Waals surface area (Å²) in [6, 6.07) is 0.309. The standard InChI is InChI=1S/C9H18NO3S.CH4O4S/c1-10(3-5-13-6-4-10)9-2-7-14(11,12)8-9;1-5-6(2,3)4/h9H,2-8H2,1H3;1H3,(H,2,3,4)/q+1;/p-1. The summed E-state index contributed by atoms with van der Waals surface area (Å²) < 4.78 is 60.0. The van der Waals surface area contributed by atoms with Gasteiger partial charge < -0.3 is 13.8 Å². The van der Waals surface area contributed by atoms with Crippen molar-refractivity contribution in [3.63, 3.8) is 0 Å². The molecule has 0 aromatic heterocycles. The molecule has 0 aromatic rings. The van der Waals surface area contributed by atoms with E-state index in [0.717, 1.165) is 44.3 Å². The number of sulfone groups is 1. The van der Waals surface area contributed by atoms with Gasteiger partial charge in [0.25, 0.3) is 0 Å². The maximum atomic E-state index is 11.4. The van der Waals surface area contributed by atoms with Crippen LogP contribution in [0.5, 0.6) is 0 Å². The van der Waals surface area contributed by atoms with Crippen LogP contribution in [0.1, 0.15) is 6.42 Å². The van der Waals surface area contributed by atoms with Crippen molar-refractivity contribution in [2.75, 3.05) is 52.0 Å². The van der Waals surface area contributed by atoms with Crippen molar-refractivity contribution < 1.29 is 34.8 Å². The van der Waals surface area contributed by atoms with Crippen LogP contribution in [0, 0.1) is 0 Å². The molecule has 0 aliphatic carbocycles. The Morgan fingerprint density at radius 1 is 1.30 bits per heavy atom. The average molecular weight is 331 g/mol. The largest absolute Gasteiger partial charge is 0.726 e. The highest BCUT2D eigenvalue weighted by Gasteiger charge is 2.42. The van der Waals surface area contributed by atoms with Gasteiger partial charge in [0.05, 0.1) is 33.1 Å². The predicted molar refractivity (Wildman–Crippen MR) is 70.5 cm³/mol. The second-order valence-electron chi connectivity index (χ2n) is 5.17. The Hall–Kier alpha value is -0.260. The van der Waals surface area contributed by atoms with Gasteiger partial charge in [-0.05, 0) is 0 Å². The highest BCUT2D eigenvalue weighted by molar-refractivity contribution is 7.91. The highest BCUT2D eigenvalue weighted by atomic mass is 32.3. The number of nitrogens with zero attached hydrogens (tertiary/aromatic N) is 1. The minimum absolute atomic E-state index is 0.309. The van der Waals surface area contributed by atoms with E-state index in [1.165, 1.54) is 0 Å². The molecule has 2 saturated heterocycles. The van der Waals surface area contributed by atoms with Gasteiger partial charge in [0.15, 0.2) is 9.84 Å². The Kier molecular flexibility index (Phi) is 5.93. The summed E-state index contributed by atoms with van der Waals surface area (Å²) >= 11 is 0. The molecule has 1 unspecified atom stereocenters. The Bertz CT molecular complexity index is 508. The molecular weight excluding hydrogens is 310 g/mol. The van der Waals surface area contributed by atoms with Gasteiger partial charge >= 0.3 is 0 Å². The van der Waals surface area contributed by atoms with E-state index < -0.39 is 20.2 Å². The summed E-state index contributed by atoms with van der Waals surface area (Å²) in [5.74, 6) is 0.760. The highest BCUT2D eigenvalue weighted by Crippen LogP contribution is 2.24. The van der Waals surface area contributed by atoms with E-state index in [1.54, 1.807) is 0 Å². The first-order chi connectivity index (χ1) is 9.08. The fourth-order valence-corrected chi connectivity index (χ4v) is 4.30. The van der Waals surface area contributed by atoms with Crippen molar-refractivity contribution in [2.45, 2.75) is 12.5 Å². The van der Waals surface area contributed by atoms with Crippen LogP contribution in [0.2, 0.25) is 0 Å². The van der Waals surface area contributed by atoms with Gasteiger partial charge in [-0.1, -0.05) is 0 Å². The number of rotatable bonds is 2. The molecule has 2 fully saturated rings. The van der Waals surface area contributed by atoms with Crippen molar-refractivity contribution >= 4 is 20.2 Å². The van der Waals surface area contributed by atoms with Crippen molar-refractivity contribution in [1.82, 2.24) is 0 Å². The topological polar surface area (TPSA) is 110 Å². The van der Waals surface area contributed by atoms with Crippen LogP contribution in [-0.2, 0) is 29.2 Å². The normalized spacial score (nSPS) is 28.4. The van der Waals surface area contributed by atoms with E-state index in [0.29, 0.717) is 17.5 Å². The van der Waals surface area contributed by atoms with E-state index in [2.05, 4.69) is 11.2 Å². The van der Waals surface area contributed by atoms with Gasteiger partial charge in [-0.15, -0.1) is 0 Å². The summed E-state index contributed by atoms with van der Waals surface area (Å²) in [5, 5.41) is 0. The third-order valence-electron chi connectivity index (χ3n) is 3.79. The molecular formula is C10H21NO7S2. The number of morpholine rings is 1. The minimum Gasteiger partial charge on any atom is -0.726 e. The zero-order chi connectivity index (χ0) is 15.4. The molecule has 20 heavy (non-hydrogen) atoms. The first-order valence-corrected chi connectivity index (χ1v) is 9.37. The summed E-state index contributed by atoms with van der Waals surface area (Å²) in [4.78, 5) is 0. The van der Waals surface area contributed by atoms with Crippen LogP contribution >= 0.6 is 0 Å². The predicted octanol–water partition coefficient (Wildman–Crippen LogP) is -1.26. The van der Waals surface area contributed by atoms with Crippen molar-refractivity contribution in [3.05, 3.63) is 0 Å². The first-order valence-electron chi connectivity index (χ1n) is 6.22. The van der Waals surface area contributed by atoms with E-state index in [4.69, 9.17) is 4.74 Å². The van der Waals surface area contributed by atoms with Crippen LogP contribution in [0.25, 0.3) is 0 Å². The third-order valence-corrected chi connectivity index (χ3v) is 5.95. The second kappa shape index (κ2) is 6.67. The Balaban J connectivity index is 0.000000286. The van der Waals surface area contributed by atoms with E-state index in [1.807, 2.05) is 0 Å². The van der Waals surface area contributed by atoms with Crippen molar-refractivity contribution in [2.24, 2.45) is 0 Å². The second-order valence-corrected chi connectivity index (χ2v) is 8.55. The Morgan fingerprint density at radius 2 is 1.80 bits per heavy atom. The SMILES string of the molecule is COS(=O)(=O)[O-].C[N+]1(C2CCS(=O)(=O)C2)CCOCC1. The number of likely N-dealkylation sites (N-methyl/N-ethyl adjacent to an activating group) is 1. The summed E-state index contributed by atoms with van der Waals surface area (Å²) in [7, 11) is -4.18. The van der Waals surface area contributed by atoms with Crippen LogP contribution < -0.4 is 0 Å². The molecule has 0 N–H and O–H groups in total. The van der Waals surface area contributed by atoms with E-state index >= 15 is 0 Å². The van der Waals surface area contributed by atoms with Gasteiger partial charge in [-0.25, -0.2) is 16.8 Å². The first kappa shape index (κ1) is 17.8. The molecule has 2 heterocycles. The molecule has 0 bridgehead atoms. The molecule has 0 saturated carbocycles. The molecule has 0 amide bonds. The van der Waals surface area contributed by atoms with E-state index in [-0.39, 0.29) is 0 Å². The molecule has 10 heteroatoms. The lowest BCUT2D eigenvalue weighted by molar-refractivity contribution is -0.937. The number of quaternary nitrogens is 1. The molecule has 8 nitrogen and oxygen atoms in total. The lowest BCUT2D eigenvalue weighted by Gasteiger charge is -2.42. The van der Waals surface area contributed by atoms with Crippen LogP contribution in [0.15, 0.2) is 0 Å². The molecule has 0 aromatic carbocycles. The average Bonchev–Trinajstić information content (AvgIpc) is 2.71. The van der Waals surface area contributed by atoms with Gasteiger partial charge in [0, 0.05) is 6.42 Å². The third kappa shape index (κ3) is 5.62. The maximum absolute atomic E-state index is 11.4. The van der Waals surface area contributed by atoms with Gasteiger partial charge in [0.2, 0.25) is 10.4 Å². The Labute approximate surface area is 120 Å². The molecule has 120 valence electrons. The quantitative estimate of drug-likeness (QED) is 0.353. The minimum atomic E-state index is -4.41. The lowest BCUT2D eigenvalue weighted by atomic mass is 10.1. The van der Waals surface area contributed by atoms with Crippen LogP contribution in [0.3, 0.4) is 0 Å². The van der Waals surface area contributed by atoms with Crippen LogP contribution in [-0.4, -0.2) is 83.9 Å². The fraction of sp³-hybridized carbons (Fsp3) is 1.00. The molecule has 1 atom stereocenters. The van der Waals surface area contributed by atoms with Gasteiger partial charge in [-0.3, -0.25) is 4.18 Å². The summed E-state index contributed by atoms with van der Waals surface area (Å²) in [5.41, 5.74) is 0. The lowest BCUT2D eigenvalue weighted by Crippen LogP contribution is -2.58. The molecule has 0 spiro atoms. The molecule has 2 rings (SSSR count). The molecule has 2 aliphatic heterocycles. The Morgan fingerprint density at radius 3 is 2.15 bits per heavy atom. The molecule has 0 radical (unpaired) electrons. The van der Waals surface area contributed by atoms with Gasteiger partial charge in [-0.2, -0.15) is 0 Å². The zero-order valence-electron chi connectivity index (χ0n) is 11.6. The van der Waals surface area contributed by atoms with E-state index in [9.17, 15) is 21.4 Å². The van der Waals surface area contributed by atoms with Crippen LogP contribution in [0.4, 0.5) is 0 Å². The number of hydrogen-bond acceptors (Lipinski definition) is 7. The fourth-order valence-electron chi connectivity index (χ4n) is 2.39. The summed E-state index contributed by atoms with van der Waals surface area (Å²) in [6.45, 7) is 3.46. The number of hydrogen-bond donors (Lipinski definition) is 0. The monoisotopic (exact) mass is 331 g/mol. The summed E-state index contributed by atoms with van der Waals surface area (Å²) in [6.07, 6.45) is 0.832. The smallest absolute Gasteiger partial charge is 0.217 e. The number of ether oxygens (including phenoxy) is 1. The van der Waals surface area contributed by atoms with Crippen molar-refractivity contribution in [3.8, 4) is 0 Å².